The summed E-state index contributed by atoms with van der Waals surface area (Å²) in [5.41, 5.74) is 0.592. The molecular weight excluding hydrogens is 216 g/mol. The summed E-state index contributed by atoms with van der Waals surface area (Å²) in [6.45, 7) is 8.35. The monoisotopic (exact) mass is 232 g/mol. The minimum atomic E-state index is 0.0404. The summed E-state index contributed by atoms with van der Waals surface area (Å²) in [7, 11) is 0. The molecule has 1 fully saturated rings. The maximum Gasteiger partial charge on any atom is 0.249 e. The van der Waals surface area contributed by atoms with Crippen LogP contribution in [0.1, 0.15) is 6.92 Å². The van der Waals surface area contributed by atoms with Crippen molar-refractivity contribution < 1.29 is 4.79 Å². The summed E-state index contributed by atoms with van der Waals surface area (Å²) in [5, 5.41) is 0. The molecule has 1 aliphatic heterocycles. The van der Waals surface area contributed by atoms with Gasteiger partial charge in [0, 0.05) is 44.1 Å². The summed E-state index contributed by atoms with van der Waals surface area (Å²) in [6, 6.07) is 1.80. The van der Waals surface area contributed by atoms with Crippen molar-refractivity contribution in [1.29, 1.82) is 0 Å². The fourth-order valence-corrected chi connectivity index (χ4v) is 1.83. The van der Waals surface area contributed by atoms with Crippen LogP contribution in [0.15, 0.2) is 30.6 Å². The molecule has 1 aliphatic rings. The van der Waals surface area contributed by atoms with Crippen molar-refractivity contribution in [3.8, 4) is 0 Å². The van der Waals surface area contributed by atoms with Gasteiger partial charge in [-0.15, -0.1) is 0 Å². The van der Waals surface area contributed by atoms with E-state index in [2.05, 4.69) is 21.4 Å². The zero-order valence-electron chi connectivity index (χ0n) is 9.96. The van der Waals surface area contributed by atoms with Crippen LogP contribution in [0.3, 0.4) is 0 Å². The average molecular weight is 232 g/mol. The number of aromatic nitrogens is 2. The lowest BCUT2D eigenvalue weighted by molar-refractivity contribution is -0.127. The second-order valence-corrected chi connectivity index (χ2v) is 4.11. The predicted octanol–water partition coefficient (Wildman–Crippen LogP) is 0.701. The van der Waals surface area contributed by atoms with Crippen molar-refractivity contribution in [2.24, 2.45) is 0 Å². The van der Waals surface area contributed by atoms with E-state index in [0.29, 0.717) is 18.7 Å². The second-order valence-electron chi connectivity index (χ2n) is 4.11. The molecule has 1 amide bonds. The van der Waals surface area contributed by atoms with Gasteiger partial charge >= 0.3 is 0 Å². The van der Waals surface area contributed by atoms with E-state index < -0.39 is 0 Å². The number of amides is 1. The number of hydrogen-bond donors (Lipinski definition) is 0. The first-order valence-electron chi connectivity index (χ1n) is 5.65. The Labute approximate surface area is 101 Å². The van der Waals surface area contributed by atoms with E-state index in [1.165, 1.54) is 0 Å². The largest absolute Gasteiger partial charge is 0.337 e. The van der Waals surface area contributed by atoms with E-state index in [0.717, 1.165) is 19.0 Å². The number of carbonyl (C=O) groups is 1. The highest BCUT2D eigenvalue weighted by atomic mass is 16.2. The van der Waals surface area contributed by atoms with Crippen molar-refractivity contribution in [2.75, 3.05) is 31.1 Å². The first-order valence-corrected chi connectivity index (χ1v) is 5.65. The molecule has 0 N–H and O–H groups in total. The summed E-state index contributed by atoms with van der Waals surface area (Å²) in [4.78, 5) is 24.0. The Bertz CT molecular complexity index is 410. The summed E-state index contributed by atoms with van der Waals surface area (Å²) in [5.74, 6) is 0.772. The molecule has 5 heteroatoms. The van der Waals surface area contributed by atoms with Crippen molar-refractivity contribution in [3.63, 3.8) is 0 Å². The maximum absolute atomic E-state index is 11.7. The third kappa shape index (κ3) is 2.61. The zero-order chi connectivity index (χ0) is 12.3. The Morgan fingerprint density at radius 1 is 1.24 bits per heavy atom. The number of anilines is 1. The lowest BCUT2D eigenvalue weighted by atomic mass is 10.2. The SMILES string of the molecule is C=C(C)C(=O)N1CCN(c2ncccn2)CC1. The van der Waals surface area contributed by atoms with Crippen LogP contribution in [0.5, 0.6) is 0 Å². The van der Waals surface area contributed by atoms with Crippen LogP contribution in [0.2, 0.25) is 0 Å². The third-order valence-electron chi connectivity index (χ3n) is 2.77. The summed E-state index contributed by atoms with van der Waals surface area (Å²) >= 11 is 0. The number of rotatable bonds is 2. The molecule has 1 saturated heterocycles. The van der Waals surface area contributed by atoms with Gasteiger partial charge in [-0.3, -0.25) is 4.79 Å². The molecule has 0 bridgehead atoms. The van der Waals surface area contributed by atoms with Crippen molar-refractivity contribution in [2.45, 2.75) is 6.92 Å². The second kappa shape index (κ2) is 4.95. The maximum atomic E-state index is 11.7. The van der Waals surface area contributed by atoms with E-state index in [9.17, 15) is 4.79 Å². The molecule has 90 valence electrons. The number of carbonyl (C=O) groups excluding carboxylic acids is 1. The van der Waals surface area contributed by atoms with E-state index in [4.69, 9.17) is 0 Å². The first-order chi connectivity index (χ1) is 8.18. The molecule has 0 aliphatic carbocycles. The van der Waals surface area contributed by atoms with E-state index in [1.807, 2.05) is 4.90 Å². The highest BCUT2D eigenvalue weighted by molar-refractivity contribution is 5.92. The molecule has 0 aromatic carbocycles. The summed E-state index contributed by atoms with van der Waals surface area (Å²) < 4.78 is 0. The Balaban J connectivity index is 1.95. The molecular formula is C12H16N4O. The lowest BCUT2D eigenvalue weighted by Gasteiger charge is -2.34. The molecule has 1 aromatic heterocycles. The average Bonchev–Trinajstić information content (AvgIpc) is 2.39. The number of nitrogens with zero attached hydrogens (tertiary/aromatic N) is 4. The molecule has 0 radical (unpaired) electrons. The minimum Gasteiger partial charge on any atom is -0.337 e. The predicted molar refractivity (Wildman–Crippen MR) is 65.6 cm³/mol. The van der Waals surface area contributed by atoms with Crippen LogP contribution >= 0.6 is 0 Å². The molecule has 0 atom stereocenters. The zero-order valence-corrected chi connectivity index (χ0v) is 9.96. The molecule has 1 aromatic rings. The van der Waals surface area contributed by atoms with Gasteiger partial charge in [0.2, 0.25) is 11.9 Å². The molecule has 2 heterocycles. The van der Waals surface area contributed by atoms with E-state index >= 15 is 0 Å². The summed E-state index contributed by atoms with van der Waals surface area (Å²) in [6.07, 6.45) is 3.46. The van der Waals surface area contributed by atoms with Gasteiger partial charge in [-0.2, -0.15) is 0 Å². The van der Waals surface area contributed by atoms with Crippen LogP contribution in [-0.2, 0) is 4.79 Å². The van der Waals surface area contributed by atoms with Gasteiger partial charge < -0.3 is 9.80 Å². The highest BCUT2D eigenvalue weighted by Gasteiger charge is 2.22. The van der Waals surface area contributed by atoms with Gasteiger partial charge in [-0.1, -0.05) is 6.58 Å². The molecule has 2 rings (SSSR count). The third-order valence-corrected chi connectivity index (χ3v) is 2.77. The molecule has 0 saturated carbocycles. The fourth-order valence-electron chi connectivity index (χ4n) is 1.83. The first kappa shape index (κ1) is 11.6. The van der Waals surface area contributed by atoms with Crippen LogP contribution in [0.4, 0.5) is 5.95 Å². The van der Waals surface area contributed by atoms with Gasteiger partial charge in [0.05, 0.1) is 0 Å². The van der Waals surface area contributed by atoms with E-state index in [1.54, 1.807) is 25.4 Å². The highest BCUT2D eigenvalue weighted by Crippen LogP contribution is 2.10. The van der Waals surface area contributed by atoms with Crippen LogP contribution in [-0.4, -0.2) is 47.0 Å². The quantitative estimate of drug-likeness (QED) is 0.704. The van der Waals surface area contributed by atoms with Gasteiger partial charge in [-0.25, -0.2) is 9.97 Å². The fraction of sp³-hybridized carbons (Fsp3) is 0.417. The van der Waals surface area contributed by atoms with Crippen molar-refractivity contribution in [1.82, 2.24) is 14.9 Å². The smallest absolute Gasteiger partial charge is 0.249 e. The number of piperazine rings is 1. The topological polar surface area (TPSA) is 49.3 Å². The van der Waals surface area contributed by atoms with Gasteiger partial charge in [0.25, 0.3) is 0 Å². The number of hydrogen-bond acceptors (Lipinski definition) is 4. The Morgan fingerprint density at radius 2 is 1.82 bits per heavy atom. The molecule has 0 spiro atoms. The molecule has 17 heavy (non-hydrogen) atoms. The van der Waals surface area contributed by atoms with Gasteiger partial charge in [-0.05, 0) is 13.0 Å². The van der Waals surface area contributed by atoms with Crippen molar-refractivity contribution in [3.05, 3.63) is 30.6 Å². The van der Waals surface area contributed by atoms with Gasteiger partial charge in [0.15, 0.2) is 0 Å². The van der Waals surface area contributed by atoms with E-state index in [-0.39, 0.29) is 5.91 Å². The Morgan fingerprint density at radius 3 is 2.35 bits per heavy atom. The molecule has 5 nitrogen and oxygen atoms in total. The Kier molecular flexibility index (Phi) is 3.37. The minimum absolute atomic E-state index is 0.0404. The standard InChI is InChI=1S/C12H16N4O/c1-10(2)11(17)15-6-8-16(9-7-15)12-13-4-3-5-14-12/h3-5H,1,6-9H2,2H3. The normalized spacial score (nSPS) is 15.8. The van der Waals surface area contributed by atoms with Crippen LogP contribution < -0.4 is 4.90 Å². The van der Waals surface area contributed by atoms with Crippen LogP contribution in [0.25, 0.3) is 0 Å². The van der Waals surface area contributed by atoms with Crippen LogP contribution in [0, 0.1) is 0 Å². The van der Waals surface area contributed by atoms with Gasteiger partial charge in [0.1, 0.15) is 0 Å². The lowest BCUT2D eigenvalue weighted by Crippen LogP contribution is -2.49. The molecule has 0 unspecified atom stereocenters. The van der Waals surface area contributed by atoms with Crippen molar-refractivity contribution >= 4 is 11.9 Å². The Hall–Kier alpha value is -1.91.